The molecule has 2 aromatic carbocycles. The second-order valence-corrected chi connectivity index (χ2v) is 7.64. The fourth-order valence-electron chi connectivity index (χ4n) is 2.54. The number of nitrogens with zero attached hydrogens (tertiary/aromatic N) is 2. The molecule has 0 saturated carbocycles. The number of aromatic nitrogens is 2. The molecule has 1 amide bonds. The van der Waals surface area contributed by atoms with Gasteiger partial charge in [-0.25, -0.2) is 21.9 Å². The average molecular weight is 406 g/mol. The second kappa shape index (κ2) is 7.39. The molecule has 0 unspecified atom stereocenters. The van der Waals surface area contributed by atoms with Gasteiger partial charge in [-0.05, 0) is 43.3 Å². The molecular weight excluding hydrogens is 390 g/mol. The first-order valence-electron chi connectivity index (χ1n) is 8.08. The van der Waals surface area contributed by atoms with Crippen molar-refractivity contribution in [1.82, 2.24) is 9.78 Å². The quantitative estimate of drug-likeness (QED) is 0.680. The number of amides is 1. The molecule has 0 aliphatic carbocycles. The molecule has 2 N–H and O–H groups in total. The number of carbonyl (C=O) groups excluding carboxylic acids is 1. The van der Waals surface area contributed by atoms with Crippen molar-refractivity contribution in [3.63, 3.8) is 0 Å². The van der Waals surface area contributed by atoms with Crippen LogP contribution in [0.1, 0.15) is 12.6 Å². The Morgan fingerprint density at radius 3 is 2.36 bits per heavy atom. The van der Waals surface area contributed by atoms with Gasteiger partial charge in [0, 0.05) is 24.7 Å². The first-order chi connectivity index (χ1) is 13.2. The fraction of sp³-hybridized carbons (Fsp3) is 0.111. The van der Waals surface area contributed by atoms with E-state index in [-0.39, 0.29) is 11.6 Å². The summed E-state index contributed by atoms with van der Waals surface area (Å²) in [7, 11) is -4.23. The van der Waals surface area contributed by atoms with Crippen molar-refractivity contribution in [3.8, 4) is 5.69 Å². The summed E-state index contributed by atoms with van der Waals surface area (Å²) in [6.45, 7) is 3.14. The van der Waals surface area contributed by atoms with Crippen LogP contribution in [0.25, 0.3) is 5.69 Å². The van der Waals surface area contributed by atoms with Crippen LogP contribution < -0.4 is 10.0 Å². The predicted molar refractivity (Wildman–Crippen MR) is 99.8 cm³/mol. The van der Waals surface area contributed by atoms with Gasteiger partial charge in [-0.3, -0.25) is 9.52 Å². The summed E-state index contributed by atoms with van der Waals surface area (Å²) in [6.07, 6.45) is 0. The molecule has 7 nitrogen and oxygen atoms in total. The number of sulfonamides is 1. The van der Waals surface area contributed by atoms with Crippen LogP contribution in [0, 0.1) is 18.6 Å². The van der Waals surface area contributed by atoms with Crippen LogP contribution in [0.2, 0.25) is 0 Å². The Morgan fingerprint density at radius 1 is 1.07 bits per heavy atom. The van der Waals surface area contributed by atoms with Crippen molar-refractivity contribution in [2.75, 3.05) is 10.0 Å². The van der Waals surface area contributed by atoms with E-state index in [4.69, 9.17) is 0 Å². The predicted octanol–water partition coefficient (Wildman–Crippen LogP) is 3.22. The van der Waals surface area contributed by atoms with Crippen molar-refractivity contribution in [3.05, 3.63) is 65.9 Å². The van der Waals surface area contributed by atoms with Crippen molar-refractivity contribution in [2.45, 2.75) is 18.7 Å². The minimum Gasteiger partial charge on any atom is -0.311 e. The van der Waals surface area contributed by atoms with E-state index in [9.17, 15) is 22.0 Å². The molecule has 3 rings (SSSR count). The molecule has 0 spiro atoms. The molecule has 28 heavy (non-hydrogen) atoms. The molecule has 0 bridgehead atoms. The molecule has 1 heterocycles. The van der Waals surface area contributed by atoms with Crippen LogP contribution in [0.15, 0.2) is 53.4 Å². The SMILES string of the molecule is CC(=O)Nc1cc(C)nn1-c1ccc(NS(=O)(=O)c2ccc(F)cc2F)cc1. The molecule has 1 aromatic heterocycles. The van der Waals surface area contributed by atoms with E-state index in [1.54, 1.807) is 25.1 Å². The third kappa shape index (κ3) is 4.17. The number of nitrogens with one attached hydrogen (secondary N) is 2. The minimum absolute atomic E-state index is 0.178. The van der Waals surface area contributed by atoms with Crippen molar-refractivity contribution < 1.29 is 22.0 Å². The Morgan fingerprint density at radius 2 is 1.75 bits per heavy atom. The standard InChI is InChI=1S/C18H16F2N4O3S/c1-11-9-18(21-12(2)25)24(22-11)15-6-4-14(5-7-15)23-28(26,27)17-8-3-13(19)10-16(17)20/h3-10,23H,1-2H3,(H,21,25). The van der Waals surface area contributed by atoms with E-state index in [0.29, 0.717) is 23.3 Å². The summed E-state index contributed by atoms with van der Waals surface area (Å²) in [5.74, 6) is -1.85. The maximum atomic E-state index is 13.8. The van der Waals surface area contributed by atoms with Crippen LogP contribution in [0.5, 0.6) is 0 Å². The number of carbonyl (C=O) groups is 1. The lowest BCUT2D eigenvalue weighted by Crippen LogP contribution is -2.15. The van der Waals surface area contributed by atoms with Crippen molar-refractivity contribution >= 4 is 27.4 Å². The van der Waals surface area contributed by atoms with E-state index in [0.717, 1.165) is 12.1 Å². The molecule has 0 fully saturated rings. The highest BCUT2D eigenvalue weighted by molar-refractivity contribution is 7.92. The number of aryl methyl sites for hydroxylation is 1. The van der Waals surface area contributed by atoms with Gasteiger partial charge in [0.1, 0.15) is 22.3 Å². The van der Waals surface area contributed by atoms with Crippen LogP contribution in [-0.4, -0.2) is 24.1 Å². The van der Waals surface area contributed by atoms with Gasteiger partial charge in [-0.2, -0.15) is 5.10 Å². The zero-order valence-corrected chi connectivity index (χ0v) is 15.7. The summed E-state index contributed by atoms with van der Waals surface area (Å²) in [4.78, 5) is 10.7. The molecular formula is C18H16F2N4O3S. The van der Waals surface area contributed by atoms with Crippen LogP contribution in [-0.2, 0) is 14.8 Å². The van der Waals surface area contributed by atoms with E-state index in [1.165, 1.54) is 23.7 Å². The third-order valence-corrected chi connectivity index (χ3v) is 5.10. The molecule has 3 aromatic rings. The Balaban J connectivity index is 1.86. The Bertz CT molecular complexity index is 1140. The normalized spacial score (nSPS) is 11.3. The molecule has 0 saturated heterocycles. The number of anilines is 2. The summed E-state index contributed by atoms with van der Waals surface area (Å²) in [5, 5.41) is 6.94. The van der Waals surface area contributed by atoms with E-state index < -0.39 is 26.6 Å². The fourth-order valence-corrected chi connectivity index (χ4v) is 3.66. The van der Waals surface area contributed by atoms with Crippen LogP contribution in [0.3, 0.4) is 0 Å². The number of rotatable bonds is 5. The lowest BCUT2D eigenvalue weighted by atomic mass is 10.3. The van der Waals surface area contributed by atoms with Gasteiger partial charge in [-0.15, -0.1) is 0 Å². The van der Waals surface area contributed by atoms with Crippen LogP contribution >= 0.6 is 0 Å². The molecule has 10 heteroatoms. The van der Waals surface area contributed by atoms with Gasteiger partial charge in [0.15, 0.2) is 0 Å². The van der Waals surface area contributed by atoms with Crippen molar-refractivity contribution in [2.24, 2.45) is 0 Å². The minimum atomic E-state index is -4.23. The summed E-state index contributed by atoms with van der Waals surface area (Å²) in [5.41, 5.74) is 1.44. The van der Waals surface area contributed by atoms with Gasteiger partial charge in [0.05, 0.1) is 11.4 Å². The van der Waals surface area contributed by atoms with Gasteiger partial charge in [0.25, 0.3) is 10.0 Å². The molecule has 0 aliphatic heterocycles. The molecule has 0 aliphatic rings. The first kappa shape index (κ1) is 19.5. The Kier molecular flexibility index (Phi) is 5.14. The monoisotopic (exact) mass is 406 g/mol. The highest BCUT2D eigenvalue weighted by Gasteiger charge is 2.20. The largest absolute Gasteiger partial charge is 0.311 e. The highest BCUT2D eigenvalue weighted by atomic mass is 32.2. The van der Waals surface area contributed by atoms with Crippen LogP contribution in [0.4, 0.5) is 20.3 Å². The lowest BCUT2D eigenvalue weighted by Gasteiger charge is -2.11. The maximum absolute atomic E-state index is 13.8. The van der Waals surface area contributed by atoms with Gasteiger partial charge < -0.3 is 5.32 Å². The van der Waals surface area contributed by atoms with E-state index >= 15 is 0 Å². The Labute approximate surface area is 160 Å². The smallest absolute Gasteiger partial charge is 0.264 e. The molecule has 0 atom stereocenters. The summed E-state index contributed by atoms with van der Waals surface area (Å²) in [6, 6.07) is 9.99. The average Bonchev–Trinajstić information content (AvgIpc) is 2.94. The maximum Gasteiger partial charge on any atom is 0.264 e. The lowest BCUT2D eigenvalue weighted by molar-refractivity contribution is -0.114. The van der Waals surface area contributed by atoms with Gasteiger partial charge in [-0.1, -0.05) is 0 Å². The first-order valence-corrected chi connectivity index (χ1v) is 9.56. The zero-order chi connectivity index (χ0) is 20.5. The number of halogens is 2. The molecule has 146 valence electrons. The highest BCUT2D eigenvalue weighted by Crippen LogP contribution is 2.22. The van der Waals surface area contributed by atoms with Gasteiger partial charge >= 0.3 is 0 Å². The van der Waals surface area contributed by atoms with Crippen molar-refractivity contribution in [1.29, 1.82) is 0 Å². The van der Waals surface area contributed by atoms with Gasteiger partial charge in [0.2, 0.25) is 5.91 Å². The Hall–Kier alpha value is -3.27. The summed E-state index contributed by atoms with van der Waals surface area (Å²) < 4.78 is 55.2. The summed E-state index contributed by atoms with van der Waals surface area (Å²) >= 11 is 0. The number of benzene rings is 2. The number of hydrogen-bond acceptors (Lipinski definition) is 4. The number of hydrogen-bond donors (Lipinski definition) is 2. The zero-order valence-electron chi connectivity index (χ0n) is 14.9. The third-order valence-electron chi connectivity index (χ3n) is 3.68. The van der Waals surface area contributed by atoms with E-state index in [1.807, 2.05) is 0 Å². The van der Waals surface area contributed by atoms with E-state index in [2.05, 4.69) is 15.1 Å². The topological polar surface area (TPSA) is 93.1 Å². The molecule has 0 radical (unpaired) electrons. The second-order valence-electron chi connectivity index (χ2n) is 5.99.